The molecule has 3 aromatic carbocycles. The van der Waals surface area contributed by atoms with Crippen LogP contribution in [0, 0.1) is 0 Å². The zero-order valence-corrected chi connectivity index (χ0v) is 24.0. The standard InChI is InChI=1S/C27H26Cl3N3O5S/c1-2-37-26-15-18(6-12-25(26)38-17-19-5-11-22(29)23(30)14-19)16-31-32-27(34)24-4-3-13-33(24)39(35,36)21-9-7-20(28)8-10-21/h5-12,14-16,24H,2-4,13,17H2,1H3,(H,32,34)/b31-16-/t24-/m0/s1. The monoisotopic (exact) mass is 609 g/mol. The first-order chi connectivity index (χ1) is 18.7. The molecule has 0 saturated carbocycles. The van der Waals surface area contributed by atoms with Crippen molar-refractivity contribution in [2.75, 3.05) is 13.2 Å². The van der Waals surface area contributed by atoms with Crippen molar-refractivity contribution < 1.29 is 22.7 Å². The summed E-state index contributed by atoms with van der Waals surface area (Å²) in [5.74, 6) is 0.523. The highest BCUT2D eigenvalue weighted by molar-refractivity contribution is 7.89. The van der Waals surface area contributed by atoms with Crippen molar-refractivity contribution in [1.82, 2.24) is 9.73 Å². The molecule has 12 heteroatoms. The maximum Gasteiger partial charge on any atom is 0.258 e. The molecule has 1 saturated heterocycles. The minimum absolute atomic E-state index is 0.0834. The van der Waals surface area contributed by atoms with E-state index in [1.807, 2.05) is 13.0 Å². The first kappa shape index (κ1) is 29.2. The average molecular weight is 611 g/mol. The molecule has 39 heavy (non-hydrogen) atoms. The number of nitrogens with zero attached hydrogens (tertiary/aromatic N) is 2. The van der Waals surface area contributed by atoms with E-state index in [9.17, 15) is 13.2 Å². The van der Waals surface area contributed by atoms with Crippen LogP contribution in [-0.2, 0) is 21.4 Å². The molecule has 206 valence electrons. The van der Waals surface area contributed by atoms with Gasteiger partial charge in [-0.3, -0.25) is 4.79 Å². The van der Waals surface area contributed by atoms with E-state index in [4.69, 9.17) is 44.3 Å². The fourth-order valence-corrected chi connectivity index (χ4v) is 6.16. The molecule has 1 atom stereocenters. The summed E-state index contributed by atoms with van der Waals surface area (Å²) in [5, 5.41) is 5.38. The second-order valence-corrected chi connectivity index (χ2v) is 11.8. The van der Waals surface area contributed by atoms with Crippen molar-refractivity contribution in [1.29, 1.82) is 0 Å². The molecule has 1 N–H and O–H groups in total. The topological polar surface area (TPSA) is 97.3 Å². The quantitative estimate of drug-likeness (QED) is 0.227. The molecule has 1 aliphatic heterocycles. The molecule has 1 amide bonds. The Morgan fingerprint density at radius 1 is 1.03 bits per heavy atom. The SMILES string of the molecule is CCOc1cc(/C=N\NC(=O)[C@@H]2CCCN2S(=O)(=O)c2ccc(Cl)cc2)ccc1OCc1ccc(Cl)c(Cl)c1. The molecule has 0 radical (unpaired) electrons. The number of nitrogens with one attached hydrogen (secondary N) is 1. The third kappa shape index (κ3) is 7.23. The molecular weight excluding hydrogens is 585 g/mol. The van der Waals surface area contributed by atoms with E-state index in [0.29, 0.717) is 51.6 Å². The fraction of sp³-hybridized carbons (Fsp3) is 0.259. The lowest BCUT2D eigenvalue weighted by atomic mass is 10.2. The van der Waals surface area contributed by atoms with Crippen LogP contribution >= 0.6 is 34.8 Å². The Morgan fingerprint density at radius 2 is 1.79 bits per heavy atom. The number of hydrogen-bond acceptors (Lipinski definition) is 6. The smallest absolute Gasteiger partial charge is 0.258 e. The van der Waals surface area contributed by atoms with Gasteiger partial charge in [0.25, 0.3) is 5.91 Å². The summed E-state index contributed by atoms with van der Waals surface area (Å²) < 4.78 is 39.0. The highest BCUT2D eigenvalue weighted by atomic mass is 35.5. The number of benzene rings is 3. The first-order valence-electron chi connectivity index (χ1n) is 12.1. The third-order valence-electron chi connectivity index (χ3n) is 5.96. The number of ether oxygens (including phenoxy) is 2. The zero-order valence-electron chi connectivity index (χ0n) is 20.9. The molecule has 0 unspecified atom stereocenters. The lowest BCUT2D eigenvalue weighted by Gasteiger charge is -2.22. The van der Waals surface area contributed by atoms with Crippen LogP contribution in [0.3, 0.4) is 0 Å². The molecule has 1 aliphatic rings. The van der Waals surface area contributed by atoms with Gasteiger partial charge in [-0.2, -0.15) is 9.41 Å². The van der Waals surface area contributed by atoms with Gasteiger partial charge in [0.05, 0.1) is 27.8 Å². The number of amides is 1. The number of halogens is 3. The number of hydrogen-bond donors (Lipinski definition) is 1. The van der Waals surface area contributed by atoms with Crippen molar-refractivity contribution in [2.45, 2.75) is 37.3 Å². The molecule has 4 rings (SSSR count). The van der Waals surface area contributed by atoms with Gasteiger partial charge in [0, 0.05) is 11.6 Å². The van der Waals surface area contributed by atoms with Gasteiger partial charge in [-0.15, -0.1) is 0 Å². The largest absolute Gasteiger partial charge is 0.490 e. The first-order valence-corrected chi connectivity index (χ1v) is 14.7. The molecular formula is C27H26Cl3N3O5S. The van der Waals surface area contributed by atoms with Gasteiger partial charge in [0.1, 0.15) is 12.6 Å². The Hall–Kier alpha value is -2.82. The molecule has 3 aromatic rings. The number of rotatable bonds is 10. The van der Waals surface area contributed by atoms with E-state index in [1.165, 1.54) is 34.8 Å². The summed E-state index contributed by atoms with van der Waals surface area (Å²) in [6.07, 6.45) is 2.42. The molecule has 0 aromatic heterocycles. The Kier molecular flexibility index (Phi) is 9.74. The van der Waals surface area contributed by atoms with E-state index >= 15 is 0 Å². The van der Waals surface area contributed by atoms with E-state index in [-0.39, 0.29) is 18.0 Å². The fourth-order valence-electron chi connectivity index (χ4n) is 4.06. The third-order valence-corrected chi connectivity index (χ3v) is 8.87. The molecule has 0 bridgehead atoms. The van der Waals surface area contributed by atoms with Crippen molar-refractivity contribution in [3.05, 3.63) is 86.9 Å². The maximum absolute atomic E-state index is 13.1. The molecule has 8 nitrogen and oxygen atoms in total. The van der Waals surface area contributed by atoms with Gasteiger partial charge in [-0.1, -0.05) is 40.9 Å². The molecule has 0 aliphatic carbocycles. The van der Waals surface area contributed by atoms with E-state index in [2.05, 4.69) is 10.5 Å². The number of hydrazone groups is 1. The highest BCUT2D eigenvalue weighted by Crippen LogP contribution is 2.30. The minimum atomic E-state index is -3.86. The minimum Gasteiger partial charge on any atom is -0.490 e. The molecule has 1 fully saturated rings. The van der Waals surface area contributed by atoms with Crippen LogP contribution in [0.4, 0.5) is 0 Å². The zero-order chi connectivity index (χ0) is 28.0. The lowest BCUT2D eigenvalue weighted by molar-refractivity contribution is -0.124. The summed E-state index contributed by atoms with van der Waals surface area (Å²) >= 11 is 17.9. The normalized spacial score (nSPS) is 15.9. The van der Waals surface area contributed by atoms with Crippen LogP contribution in [0.15, 0.2) is 70.7 Å². The second-order valence-electron chi connectivity index (χ2n) is 8.64. The Bertz CT molecular complexity index is 1470. The van der Waals surface area contributed by atoms with Gasteiger partial charge in [0.15, 0.2) is 11.5 Å². The van der Waals surface area contributed by atoms with Crippen LogP contribution in [0.2, 0.25) is 15.1 Å². The predicted octanol–water partition coefficient (Wildman–Crippen LogP) is 5.93. The van der Waals surface area contributed by atoms with Crippen LogP contribution in [0.5, 0.6) is 11.5 Å². The van der Waals surface area contributed by atoms with Crippen molar-refractivity contribution in [2.24, 2.45) is 5.10 Å². The number of carbonyl (C=O) groups is 1. The maximum atomic E-state index is 13.1. The van der Waals surface area contributed by atoms with Crippen LogP contribution in [-0.4, -0.2) is 44.0 Å². The summed E-state index contributed by atoms with van der Waals surface area (Å²) in [5.41, 5.74) is 3.96. The molecule has 0 spiro atoms. The van der Waals surface area contributed by atoms with Crippen molar-refractivity contribution >= 4 is 56.9 Å². The summed E-state index contributed by atoms with van der Waals surface area (Å²) in [7, 11) is -3.86. The number of carbonyl (C=O) groups excluding carboxylic acids is 1. The van der Waals surface area contributed by atoms with Gasteiger partial charge in [0.2, 0.25) is 10.0 Å². The number of sulfonamides is 1. The van der Waals surface area contributed by atoms with Gasteiger partial charge >= 0.3 is 0 Å². The summed E-state index contributed by atoms with van der Waals surface area (Å²) in [4.78, 5) is 12.9. The van der Waals surface area contributed by atoms with Crippen LogP contribution in [0.1, 0.15) is 30.9 Å². The van der Waals surface area contributed by atoms with Gasteiger partial charge < -0.3 is 9.47 Å². The van der Waals surface area contributed by atoms with Crippen LogP contribution < -0.4 is 14.9 Å². The van der Waals surface area contributed by atoms with E-state index in [1.54, 1.807) is 30.3 Å². The average Bonchev–Trinajstić information content (AvgIpc) is 3.42. The van der Waals surface area contributed by atoms with E-state index in [0.717, 1.165) is 5.56 Å². The Balaban J connectivity index is 1.41. The lowest BCUT2D eigenvalue weighted by Crippen LogP contribution is -2.44. The van der Waals surface area contributed by atoms with Gasteiger partial charge in [-0.05, 0) is 85.5 Å². The van der Waals surface area contributed by atoms with Crippen LogP contribution in [0.25, 0.3) is 0 Å². The molecule has 1 heterocycles. The highest BCUT2D eigenvalue weighted by Gasteiger charge is 2.39. The second kappa shape index (κ2) is 13.0. The predicted molar refractivity (Wildman–Crippen MR) is 153 cm³/mol. The van der Waals surface area contributed by atoms with Crippen molar-refractivity contribution in [3.8, 4) is 11.5 Å². The Labute approximate surface area is 242 Å². The van der Waals surface area contributed by atoms with Gasteiger partial charge in [-0.25, -0.2) is 13.8 Å². The summed E-state index contributed by atoms with van der Waals surface area (Å²) in [6.45, 7) is 2.78. The Morgan fingerprint density at radius 3 is 2.51 bits per heavy atom. The van der Waals surface area contributed by atoms with E-state index < -0.39 is 22.0 Å². The summed E-state index contributed by atoms with van der Waals surface area (Å²) in [6, 6.07) is 15.5. The van der Waals surface area contributed by atoms with Crippen molar-refractivity contribution in [3.63, 3.8) is 0 Å².